The Morgan fingerprint density at radius 3 is 2.76 bits per heavy atom. The number of anilines is 1. The molecule has 21 heavy (non-hydrogen) atoms. The van der Waals surface area contributed by atoms with Crippen LogP contribution in [-0.4, -0.2) is 16.0 Å². The molecule has 0 radical (unpaired) electrons. The highest BCUT2D eigenvalue weighted by molar-refractivity contribution is 6.09. The van der Waals surface area contributed by atoms with Gasteiger partial charge in [-0.3, -0.25) is 9.78 Å². The lowest BCUT2D eigenvalue weighted by Gasteiger charge is -2.09. The number of hydrogen-bond donors (Lipinski definition) is 2. The molecule has 2 N–H and O–H groups in total. The zero-order valence-electron chi connectivity index (χ0n) is 11.5. The molecule has 0 fully saturated rings. The maximum Gasteiger partial charge on any atom is 0.259 e. The standard InChI is InChI=1S/C17H14N2O2/c1-11-8-13(10-18-9-11)19-17(21)15-7-6-12-4-2-3-5-14(12)16(15)20/h2-10,20H,1H3,(H,19,21). The van der Waals surface area contributed by atoms with E-state index in [0.29, 0.717) is 11.1 Å². The second kappa shape index (κ2) is 5.25. The second-order valence-electron chi connectivity index (χ2n) is 4.89. The van der Waals surface area contributed by atoms with Gasteiger partial charge in [-0.25, -0.2) is 0 Å². The third kappa shape index (κ3) is 2.56. The summed E-state index contributed by atoms with van der Waals surface area (Å²) in [5.74, 6) is -0.364. The highest BCUT2D eigenvalue weighted by atomic mass is 16.3. The van der Waals surface area contributed by atoms with Crippen LogP contribution in [-0.2, 0) is 0 Å². The van der Waals surface area contributed by atoms with Gasteiger partial charge in [-0.15, -0.1) is 0 Å². The molecule has 0 saturated heterocycles. The summed E-state index contributed by atoms with van der Waals surface area (Å²) in [5, 5.41) is 14.6. The van der Waals surface area contributed by atoms with Gasteiger partial charge in [-0.2, -0.15) is 0 Å². The van der Waals surface area contributed by atoms with E-state index >= 15 is 0 Å². The van der Waals surface area contributed by atoms with Crippen LogP contribution in [0.3, 0.4) is 0 Å². The Bertz CT molecular complexity index is 828. The van der Waals surface area contributed by atoms with Gasteiger partial charge in [-0.05, 0) is 30.0 Å². The fourth-order valence-corrected chi connectivity index (χ4v) is 2.26. The minimum Gasteiger partial charge on any atom is -0.506 e. The lowest BCUT2D eigenvalue weighted by atomic mass is 10.0. The summed E-state index contributed by atoms with van der Waals surface area (Å²) in [4.78, 5) is 16.3. The van der Waals surface area contributed by atoms with E-state index in [1.807, 2.05) is 37.3 Å². The Labute approximate surface area is 122 Å². The van der Waals surface area contributed by atoms with Crippen molar-refractivity contribution in [3.8, 4) is 5.75 Å². The van der Waals surface area contributed by atoms with Crippen molar-refractivity contribution in [1.82, 2.24) is 4.98 Å². The number of phenols is 1. The number of nitrogens with one attached hydrogen (secondary N) is 1. The minimum atomic E-state index is -0.356. The number of nitrogens with zero attached hydrogens (tertiary/aromatic N) is 1. The molecular weight excluding hydrogens is 264 g/mol. The Kier molecular flexibility index (Phi) is 3.28. The summed E-state index contributed by atoms with van der Waals surface area (Å²) in [6.07, 6.45) is 3.28. The number of carbonyl (C=O) groups is 1. The van der Waals surface area contributed by atoms with E-state index in [2.05, 4.69) is 10.3 Å². The molecule has 3 aromatic rings. The SMILES string of the molecule is Cc1cncc(NC(=O)c2ccc3ccccc3c2O)c1. The Morgan fingerprint density at radius 2 is 1.95 bits per heavy atom. The predicted octanol–water partition coefficient (Wildman–Crippen LogP) is 3.50. The molecule has 0 aliphatic rings. The third-order valence-electron chi connectivity index (χ3n) is 3.28. The summed E-state index contributed by atoms with van der Waals surface area (Å²) in [6, 6.07) is 12.7. The van der Waals surface area contributed by atoms with Crippen molar-refractivity contribution in [2.24, 2.45) is 0 Å². The first-order valence-electron chi connectivity index (χ1n) is 6.59. The molecule has 1 heterocycles. The van der Waals surface area contributed by atoms with Gasteiger partial charge < -0.3 is 10.4 Å². The average Bonchev–Trinajstić information content (AvgIpc) is 2.48. The van der Waals surface area contributed by atoms with Crippen LogP contribution in [0.15, 0.2) is 54.9 Å². The van der Waals surface area contributed by atoms with Crippen LogP contribution in [0.1, 0.15) is 15.9 Å². The smallest absolute Gasteiger partial charge is 0.259 e. The number of aryl methyl sites for hydroxylation is 1. The molecule has 0 unspecified atom stereocenters. The summed E-state index contributed by atoms with van der Waals surface area (Å²) < 4.78 is 0. The number of pyridine rings is 1. The lowest BCUT2D eigenvalue weighted by Crippen LogP contribution is -2.12. The van der Waals surface area contributed by atoms with E-state index < -0.39 is 0 Å². The molecule has 1 aromatic heterocycles. The lowest BCUT2D eigenvalue weighted by molar-refractivity contribution is 0.102. The normalized spacial score (nSPS) is 10.5. The first-order valence-corrected chi connectivity index (χ1v) is 6.59. The van der Waals surface area contributed by atoms with Crippen LogP contribution in [0.25, 0.3) is 10.8 Å². The van der Waals surface area contributed by atoms with E-state index in [1.165, 1.54) is 0 Å². The molecule has 1 amide bonds. The summed E-state index contributed by atoms with van der Waals surface area (Å²) in [7, 11) is 0. The Morgan fingerprint density at radius 1 is 1.14 bits per heavy atom. The molecule has 104 valence electrons. The van der Waals surface area contributed by atoms with Crippen LogP contribution in [0, 0.1) is 6.92 Å². The highest BCUT2D eigenvalue weighted by Gasteiger charge is 2.14. The summed E-state index contributed by atoms with van der Waals surface area (Å²) >= 11 is 0. The molecule has 0 bridgehead atoms. The van der Waals surface area contributed by atoms with Crippen LogP contribution in [0.5, 0.6) is 5.75 Å². The van der Waals surface area contributed by atoms with Crippen LogP contribution in [0.2, 0.25) is 0 Å². The zero-order valence-corrected chi connectivity index (χ0v) is 11.5. The van der Waals surface area contributed by atoms with Crippen LogP contribution >= 0.6 is 0 Å². The minimum absolute atomic E-state index is 0.00814. The topological polar surface area (TPSA) is 62.2 Å². The second-order valence-corrected chi connectivity index (χ2v) is 4.89. The van der Waals surface area contributed by atoms with Crippen LogP contribution in [0.4, 0.5) is 5.69 Å². The van der Waals surface area contributed by atoms with Crippen molar-refractivity contribution < 1.29 is 9.90 Å². The molecule has 0 saturated carbocycles. The van der Waals surface area contributed by atoms with Gasteiger partial charge in [0.25, 0.3) is 5.91 Å². The van der Waals surface area contributed by atoms with E-state index in [9.17, 15) is 9.90 Å². The molecular formula is C17H14N2O2. The van der Waals surface area contributed by atoms with Crippen molar-refractivity contribution in [2.45, 2.75) is 6.92 Å². The van der Waals surface area contributed by atoms with E-state index in [-0.39, 0.29) is 17.2 Å². The van der Waals surface area contributed by atoms with Gasteiger partial charge in [0.2, 0.25) is 0 Å². The van der Waals surface area contributed by atoms with Gasteiger partial charge in [0.1, 0.15) is 5.75 Å². The van der Waals surface area contributed by atoms with E-state index in [0.717, 1.165) is 10.9 Å². The molecule has 0 aliphatic carbocycles. The number of amides is 1. The molecule has 0 spiro atoms. The van der Waals surface area contributed by atoms with Gasteiger partial charge >= 0.3 is 0 Å². The quantitative estimate of drug-likeness (QED) is 0.754. The number of carbonyl (C=O) groups excluding carboxylic acids is 1. The summed E-state index contributed by atoms with van der Waals surface area (Å²) in [6.45, 7) is 1.90. The Balaban J connectivity index is 1.96. The molecule has 0 aliphatic heterocycles. The number of phenolic OH excluding ortho intramolecular Hbond substituents is 1. The number of aromatic nitrogens is 1. The van der Waals surface area contributed by atoms with Crippen molar-refractivity contribution in [1.29, 1.82) is 0 Å². The number of rotatable bonds is 2. The van der Waals surface area contributed by atoms with Crippen molar-refractivity contribution in [3.05, 3.63) is 66.0 Å². The molecule has 0 atom stereocenters. The number of benzene rings is 2. The summed E-state index contributed by atoms with van der Waals surface area (Å²) in [5.41, 5.74) is 1.80. The number of fused-ring (bicyclic) bond motifs is 1. The number of aromatic hydroxyl groups is 1. The molecule has 3 rings (SSSR count). The molecule has 2 aromatic carbocycles. The predicted molar refractivity (Wildman–Crippen MR) is 82.5 cm³/mol. The zero-order chi connectivity index (χ0) is 14.8. The van der Waals surface area contributed by atoms with Crippen molar-refractivity contribution >= 4 is 22.4 Å². The van der Waals surface area contributed by atoms with Crippen molar-refractivity contribution in [2.75, 3.05) is 5.32 Å². The fourth-order valence-electron chi connectivity index (χ4n) is 2.26. The molecule has 4 heteroatoms. The monoisotopic (exact) mass is 278 g/mol. The number of hydrogen-bond acceptors (Lipinski definition) is 3. The largest absolute Gasteiger partial charge is 0.506 e. The van der Waals surface area contributed by atoms with E-state index in [4.69, 9.17) is 0 Å². The van der Waals surface area contributed by atoms with Crippen LogP contribution < -0.4 is 5.32 Å². The van der Waals surface area contributed by atoms with Gasteiger partial charge in [0.05, 0.1) is 17.4 Å². The first-order chi connectivity index (χ1) is 10.1. The Hall–Kier alpha value is -2.88. The fraction of sp³-hybridized carbons (Fsp3) is 0.0588. The van der Waals surface area contributed by atoms with E-state index in [1.54, 1.807) is 24.5 Å². The highest BCUT2D eigenvalue weighted by Crippen LogP contribution is 2.29. The molecule has 4 nitrogen and oxygen atoms in total. The maximum atomic E-state index is 12.3. The maximum absolute atomic E-state index is 12.3. The first kappa shape index (κ1) is 13.1. The van der Waals surface area contributed by atoms with Gasteiger partial charge in [0, 0.05) is 11.6 Å². The average molecular weight is 278 g/mol. The van der Waals surface area contributed by atoms with Crippen molar-refractivity contribution in [3.63, 3.8) is 0 Å². The third-order valence-corrected chi connectivity index (χ3v) is 3.28. The van der Waals surface area contributed by atoms with Gasteiger partial charge in [0.15, 0.2) is 0 Å². The van der Waals surface area contributed by atoms with Gasteiger partial charge in [-0.1, -0.05) is 30.3 Å².